The Morgan fingerprint density at radius 1 is 0.613 bits per heavy atom. The zero-order chi connectivity index (χ0) is 22.3. The maximum Gasteiger partial charge on any atom is 0.633 e. The van der Waals surface area contributed by atoms with Crippen LogP contribution in [-0.2, 0) is 10.1 Å². The van der Waals surface area contributed by atoms with E-state index in [2.05, 4.69) is 36.4 Å². The summed E-state index contributed by atoms with van der Waals surface area (Å²) in [6.45, 7) is 0.299. The van der Waals surface area contributed by atoms with Crippen LogP contribution < -0.4 is 0 Å². The summed E-state index contributed by atoms with van der Waals surface area (Å²) in [7, 11) is -1.73. The molecule has 0 aliphatic heterocycles. The van der Waals surface area contributed by atoms with Gasteiger partial charge in [0, 0.05) is 27.1 Å². The first-order valence-corrected chi connectivity index (χ1v) is 11.3. The predicted octanol–water partition coefficient (Wildman–Crippen LogP) is 6.53. The van der Waals surface area contributed by atoms with Crippen LogP contribution in [0.4, 0.5) is 0 Å². The molecule has 2 N–H and O–H groups in total. The van der Waals surface area contributed by atoms with E-state index < -0.39 is 12.7 Å². The lowest BCUT2D eigenvalue weighted by Crippen LogP contribution is -2.29. The van der Waals surface area contributed by atoms with Crippen molar-refractivity contribution in [3.8, 4) is 0 Å². The van der Waals surface area contributed by atoms with E-state index in [1.165, 1.54) is 0 Å². The van der Waals surface area contributed by atoms with Crippen molar-refractivity contribution in [2.75, 3.05) is 6.61 Å². The van der Waals surface area contributed by atoms with Gasteiger partial charge in [0.2, 0.25) is 0 Å². The minimum atomic E-state index is -1.73. The fourth-order valence-electron chi connectivity index (χ4n) is 3.99. The van der Waals surface area contributed by atoms with E-state index >= 15 is 0 Å². The third kappa shape index (κ3) is 6.26. The first-order chi connectivity index (χ1) is 14.9. The van der Waals surface area contributed by atoms with Gasteiger partial charge in [0.1, 0.15) is 0 Å². The van der Waals surface area contributed by atoms with Crippen molar-refractivity contribution < 1.29 is 14.7 Å². The minimum absolute atomic E-state index is 0.299. The van der Waals surface area contributed by atoms with Crippen molar-refractivity contribution in [2.24, 2.45) is 0 Å². The van der Waals surface area contributed by atoms with Gasteiger partial charge in [-0.05, 0) is 65.9 Å². The van der Waals surface area contributed by atoms with Gasteiger partial charge in [0.05, 0.1) is 0 Å². The van der Waals surface area contributed by atoms with Gasteiger partial charge in [-0.15, -0.1) is 0 Å². The number of rotatable bonds is 10. The van der Waals surface area contributed by atoms with Crippen LogP contribution in [0.25, 0.3) is 0 Å². The third-order valence-corrected chi connectivity index (χ3v) is 6.23. The molecule has 3 nitrogen and oxygen atoms in total. The topological polar surface area (TPSA) is 49.7 Å². The summed E-state index contributed by atoms with van der Waals surface area (Å²) in [6, 6.07) is 23.9. The lowest BCUT2D eigenvalue weighted by Gasteiger charge is -2.36. The summed E-state index contributed by atoms with van der Waals surface area (Å²) in [6.07, 6.45) is 3.34. The second-order valence-corrected chi connectivity index (χ2v) is 8.74. The Morgan fingerprint density at radius 2 is 1.00 bits per heavy atom. The summed E-state index contributed by atoms with van der Waals surface area (Å²) in [5, 5.41) is 19.8. The van der Waals surface area contributed by atoms with E-state index in [-0.39, 0.29) is 0 Å². The zero-order valence-electron chi connectivity index (χ0n) is 17.0. The van der Waals surface area contributed by atoms with Gasteiger partial charge in [0.15, 0.2) is 0 Å². The molecule has 162 valence electrons. The molecule has 31 heavy (non-hydrogen) atoms. The quantitative estimate of drug-likeness (QED) is 0.198. The average molecular weight is 478 g/mol. The number of benzene rings is 3. The first kappa shape index (κ1) is 24.1. The Labute approximate surface area is 198 Å². The molecule has 0 amide bonds. The Kier molecular flexibility index (Phi) is 8.85. The van der Waals surface area contributed by atoms with Crippen LogP contribution in [0.1, 0.15) is 42.4 Å². The molecule has 0 heterocycles. The molecule has 0 bridgehead atoms. The predicted molar refractivity (Wildman–Crippen MR) is 129 cm³/mol. The van der Waals surface area contributed by atoms with Gasteiger partial charge in [-0.2, -0.15) is 0 Å². The molecule has 0 saturated heterocycles. The second kappa shape index (κ2) is 11.4. The summed E-state index contributed by atoms with van der Waals surface area (Å²) < 4.78 is 4.83. The van der Waals surface area contributed by atoms with Crippen LogP contribution >= 0.6 is 34.8 Å². The summed E-state index contributed by atoms with van der Waals surface area (Å²) in [5.74, 6) is 0. The summed E-state index contributed by atoms with van der Waals surface area (Å²) >= 11 is 18.6. The van der Waals surface area contributed by atoms with Crippen molar-refractivity contribution >= 4 is 42.1 Å². The van der Waals surface area contributed by atoms with E-state index in [1.807, 2.05) is 36.4 Å². The van der Waals surface area contributed by atoms with Gasteiger partial charge in [-0.3, -0.25) is 0 Å². The van der Waals surface area contributed by atoms with Gasteiger partial charge >= 0.3 is 7.32 Å². The van der Waals surface area contributed by atoms with E-state index in [0.29, 0.717) is 21.7 Å². The van der Waals surface area contributed by atoms with Gasteiger partial charge in [-0.1, -0.05) is 84.0 Å². The number of halogens is 3. The Hall–Kier alpha value is -1.53. The molecule has 0 atom stereocenters. The Bertz CT molecular complexity index is 834. The van der Waals surface area contributed by atoms with Crippen LogP contribution in [0.15, 0.2) is 72.8 Å². The molecule has 0 unspecified atom stereocenters. The molecule has 0 aromatic heterocycles. The molecule has 0 aliphatic rings. The van der Waals surface area contributed by atoms with E-state index in [0.717, 1.165) is 42.4 Å². The maximum atomic E-state index is 8.85. The maximum absolute atomic E-state index is 8.85. The molecule has 3 aromatic rings. The highest BCUT2D eigenvalue weighted by molar-refractivity contribution is 6.32. The summed E-state index contributed by atoms with van der Waals surface area (Å²) in [4.78, 5) is 0. The number of hydrogen-bond donors (Lipinski definition) is 2. The highest BCUT2D eigenvalue weighted by Gasteiger charge is 2.35. The van der Waals surface area contributed by atoms with Crippen LogP contribution in [-0.4, -0.2) is 24.0 Å². The monoisotopic (exact) mass is 476 g/mol. The molecular weight excluding hydrogens is 453 g/mol. The second-order valence-electron chi connectivity index (χ2n) is 7.43. The molecule has 0 aliphatic carbocycles. The van der Waals surface area contributed by atoms with Crippen LogP contribution in [0, 0.1) is 0 Å². The molecule has 0 radical (unpaired) electrons. The smallest absolute Gasteiger partial charge is 0.402 e. The van der Waals surface area contributed by atoms with Gasteiger partial charge in [-0.25, -0.2) is 0 Å². The van der Waals surface area contributed by atoms with Crippen molar-refractivity contribution in [1.82, 2.24) is 0 Å². The standard InChI is InChI=1S/C24H24BCl3O3/c26-21-10-4-18(5-11-21)24(19-6-12-22(27)13-7-19,20-8-14-23(28)15-9-20)16-2-1-3-17-31-25(29)30/h4-15,29-30H,1-3,16-17H2. The average Bonchev–Trinajstić information content (AvgIpc) is 2.75. The zero-order valence-corrected chi connectivity index (χ0v) is 19.2. The number of unbranched alkanes of at least 4 members (excludes halogenated alkanes) is 2. The lowest BCUT2D eigenvalue weighted by atomic mass is 9.66. The molecule has 3 rings (SSSR count). The highest BCUT2D eigenvalue weighted by Crippen LogP contribution is 2.44. The SMILES string of the molecule is OB(O)OCCCCCC(c1ccc(Cl)cc1)(c1ccc(Cl)cc1)c1ccc(Cl)cc1. The minimum Gasteiger partial charge on any atom is -0.402 e. The third-order valence-electron chi connectivity index (χ3n) is 5.47. The Morgan fingerprint density at radius 3 is 1.35 bits per heavy atom. The van der Waals surface area contributed by atoms with Crippen molar-refractivity contribution in [2.45, 2.75) is 31.1 Å². The first-order valence-electron chi connectivity index (χ1n) is 10.2. The molecular formula is C24H24BCl3O3. The molecule has 0 saturated carbocycles. The number of hydrogen-bond acceptors (Lipinski definition) is 3. The van der Waals surface area contributed by atoms with Gasteiger partial charge < -0.3 is 14.7 Å². The van der Waals surface area contributed by atoms with Crippen molar-refractivity contribution in [1.29, 1.82) is 0 Å². The van der Waals surface area contributed by atoms with E-state index in [9.17, 15) is 0 Å². The van der Waals surface area contributed by atoms with Crippen molar-refractivity contribution in [3.63, 3.8) is 0 Å². The largest absolute Gasteiger partial charge is 0.633 e. The molecule has 0 fully saturated rings. The fourth-order valence-corrected chi connectivity index (χ4v) is 4.37. The Balaban J connectivity index is 2.01. The van der Waals surface area contributed by atoms with Crippen LogP contribution in [0.3, 0.4) is 0 Å². The van der Waals surface area contributed by atoms with Crippen molar-refractivity contribution in [3.05, 3.63) is 105 Å². The molecule has 7 heteroatoms. The van der Waals surface area contributed by atoms with Crippen LogP contribution in [0.5, 0.6) is 0 Å². The normalized spacial score (nSPS) is 11.5. The molecule has 3 aromatic carbocycles. The van der Waals surface area contributed by atoms with E-state index in [1.54, 1.807) is 0 Å². The summed E-state index contributed by atoms with van der Waals surface area (Å²) in [5.41, 5.74) is 2.97. The highest BCUT2D eigenvalue weighted by atomic mass is 35.5. The van der Waals surface area contributed by atoms with Crippen LogP contribution in [0.2, 0.25) is 15.1 Å². The molecule has 0 spiro atoms. The van der Waals surface area contributed by atoms with Gasteiger partial charge in [0.25, 0.3) is 0 Å². The lowest BCUT2D eigenvalue weighted by molar-refractivity contribution is 0.181. The fraction of sp³-hybridized carbons (Fsp3) is 0.250. The van der Waals surface area contributed by atoms with E-state index in [4.69, 9.17) is 49.5 Å².